The molecule has 0 amide bonds. The van der Waals surface area contributed by atoms with Gasteiger partial charge in [0.2, 0.25) is 0 Å². The van der Waals surface area contributed by atoms with Crippen LogP contribution in [0.25, 0.3) is 0 Å². The van der Waals surface area contributed by atoms with Crippen molar-refractivity contribution in [2.24, 2.45) is 10.9 Å². The lowest BCUT2D eigenvalue weighted by molar-refractivity contribution is 0.186. The minimum Gasteiger partial charge on any atom is -0.381 e. The van der Waals surface area contributed by atoms with Gasteiger partial charge in [-0.2, -0.15) is 0 Å². The van der Waals surface area contributed by atoms with Gasteiger partial charge < -0.3 is 19.9 Å². The monoisotopic (exact) mass is 485 g/mol. The second-order valence-corrected chi connectivity index (χ2v) is 6.32. The minimum atomic E-state index is 0. The Kier molecular flexibility index (Phi) is 9.46. The van der Waals surface area contributed by atoms with Gasteiger partial charge in [0.15, 0.2) is 5.96 Å². The number of nitrogens with zero attached hydrogens (tertiary/aromatic N) is 5. The number of guanidine groups is 1. The fourth-order valence-electron chi connectivity index (χ4n) is 2.85. The highest BCUT2D eigenvalue weighted by Crippen LogP contribution is 2.10. The maximum Gasteiger partial charge on any atom is 0.191 e. The second-order valence-electron chi connectivity index (χ2n) is 6.32. The van der Waals surface area contributed by atoms with Gasteiger partial charge in [0.05, 0.1) is 18.8 Å². The van der Waals surface area contributed by atoms with Crippen molar-refractivity contribution in [3.63, 3.8) is 0 Å². The zero-order valence-corrected chi connectivity index (χ0v) is 18.0. The SMILES string of the molecule is CCc1nncn1CCNC(=NCc1ccccn1)NCC1CCOC1.I. The average molecular weight is 485 g/mol. The molecule has 2 aromatic heterocycles. The predicted molar refractivity (Wildman–Crippen MR) is 115 cm³/mol. The molecule has 1 aliphatic heterocycles. The third-order valence-electron chi connectivity index (χ3n) is 4.36. The van der Waals surface area contributed by atoms with E-state index in [4.69, 9.17) is 4.74 Å². The highest BCUT2D eigenvalue weighted by molar-refractivity contribution is 14.0. The summed E-state index contributed by atoms with van der Waals surface area (Å²) in [6, 6.07) is 5.87. The van der Waals surface area contributed by atoms with E-state index in [1.165, 1.54) is 0 Å². The summed E-state index contributed by atoms with van der Waals surface area (Å²) in [6.07, 6.45) is 5.54. The fourth-order valence-corrected chi connectivity index (χ4v) is 2.85. The van der Waals surface area contributed by atoms with Gasteiger partial charge in [0.1, 0.15) is 12.2 Å². The van der Waals surface area contributed by atoms with E-state index >= 15 is 0 Å². The largest absolute Gasteiger partial charge is 0.381 e. The van der Waals surface area contributed by atoms with Gasteiger partial charge in [-0.25, -0.2) is 4.99 Å². The summed E-state index contributed by atoms with van der Waals surface area (Å²) < 4.78 is 7.51. The molecule has 1 unspecified atom stereocenters. The summed E-state index contributed by atoms with van der Waals surface area (Å²) in [5, 5.41) is 14.9. The number of aryl methyl sites for hydroxylation is 1. The van der Waals surface area contributed by atoms with E-state index in [0.29, 0.717) is 12.5 Å². The molecule has 0 radical (unpaired) electrons. The smallest absolute Gasteiger partial charge is 0.191 e. The molecule has 2 aromatic rings. The van der Waals surface area contributed by atoms with Gasteiger partial charge in [0, 0.05) is 44.8 Å². The van der Waals surface area contributed by atoms with Crippen molar-refractivity contribution < 1.29 is 4.74 Å². The molecule has 0 spiro atoms. The summed E-state index contributed by atoms with van der Waals surface area (Å²) in [7, 11) is 0. The maximum absolute atomic E-state index is 5.45. The van der Waals surface area contributed by atoms with Crippen molar-refractivity contribution in [1.29, 1.82) is 0 Å². The van der Waals surface area contributed by atoms with Crippen molar-refractivity contribution >= 4 is 29.9 Å². The quantitative estimate of drug-likeness (QED) is 0.336. The molecule has 3 heterocycles. The summed E-state index contributed by atoms with van der Waals surface area (Å²) in [4.78, 5) is 9.00. The number of ether oxygens (including phenoxy) is 1. The van der Waals surface area contributed by atoms with E-state index < -0.39 is 0 Å². The number of nitrogens with one attached hydrogen (secondary N) is 2. The maximum atomic E-state index is 5.45. The highest BCUT2D eigenvalue weighted by Gasteiger charge is 2.15. The average Bonchev–Trinajstić information content (AvgIpc) is 3.36. The number of halogens is 1. The molecule has 3 rings (SSSR count). The molecule has 0 saturated carbocycles. The number of pyridine rings is 1. The molecule has 1 atom stereocenters. The van der Waals surface area contributed by atoms with Crippen molar-refractivity contribution in [3.8, 4) is 0 Å². The van der Waals surface area contributed by atoms with E-state index in [-0.39, 0.29) is 24.0 Å². The Balaban J connectivity index is 0.00000261. The van der Waals surface area contributed by atoms with Crippen LogP contribution < -0.4 is 10.6 Å². The number of rotatable bonds is 8. The first-order chi connectivity index (χ1) is 12.8. The van der Waals surface area contributed by atoms with Crippen LogP contribution in [0.15, 0.2) is 35.7 Å². The Morgan fingerprint density at radius 3 is 3.04 bits per heavy atom. The van der Waals surface area contributed by atoms with Crippen LogP contribution in [0.1, 0.15) is 24.9 Å². The molecule has 0 bridgehead atoms. The molecule has 27 heavy (non-hydrogen) atoms. The standard InChI is InChI=1S/C18H27N7O.HI/c1-2-17-24-23-14-25(17)9-8-20-18(21-11-15-6-10-26-13-15)22-12-16-5-3-4-7-19-16;/h3-5,7,14-15H,2,6,8-13H2,1H3,(H2,20,21,22);1H. The molecule has 9 heteroatoms. The molecule has 0 aliphatic carbocycles. The Labute approximate surface area is 177 Å². The van der Waals surface area contributed by atoms with Gasteiger partial charge in [-0.05, 0) is 18.6 Å². The van der Waals surface area contributed by atoms with Crippen LogP contribution in [-0.4, -0.2) is 52.0 Å². The first-order valence-corrected chi connectivity index (χ1v) is 9.21. The zero-order valence-electron chi connectivity index (χ0n) is 15.7. The number of aromatic nitrogens is 4. The lowest BCUT2D eigenvalue weighted by Crippen LogP contribution is -2.41. The lowest BCUT2D eigenvalue weighted by atomic mass is 10.1. The van der Waals surface area contributed by atoms with Crippen LogP contribution in [0.3, 0.4) is 0 Å². The van der Waals surface area contributed by atoms with Crippen LogP contribution in [0.5, 0.6) is 0 Å². The van der Waals surface area contributed by atoms with E-state index in [2.05, 4.69) is 42.3 Å². The van der Waals surface area contributed by atoms with Crippen molar-refractivity contribution in [2.45, 2.75) is 32.9 Å². The molecule has 148 valence electrons. The van der Waals surface area contributed by atoms with Crippen LogP contribution in [0.2, 0.25) is 0 Å². The van der Waals surface area contributed by atoms with Gasteiger partial charge in [-0.15, -0.1) is 34.2 Å². The van der Waals surface area contributed by atoms with E-state index in [1.54, 1.807) is 12.5 Å². The molecule has 8 nitrogen and oxygen atoms in total. The normalized spacial score (nSPS) is 16.8. The summed E-state index contributed by atoms with van der Waals surface area (Å²) >= 11 is 0. The van der Waals surface area contributed by atoms with Crippen LogP contribution in [0.4, 0.5) is 0 Å². The van der Waals surface area contributed by atoms with Crippen molar-refractivity contribution in [2.75, 3.05) is 26.3 Å². The second kappa shape index (κ2) is 11.9. The van der Waals surface area contributed by atoms with E-state index in [9.17, 15) is 0 Å². The molecule has 2 N–H and O–H groups in total. The van der Waals surface area contributed by atoms with Gasteiger partial charge in [0.25, 0.3) is 0 Å². The molecular weight excluding hydrogens is 457 g/mol. The number of hydrogen-bond donors (Lipinski definition) is 2. The Bertz CT molecular complexity index is 686. The molecule has 1 saturated heterocycles. The highest BCUT2D eigenvalue weighted by atomic mass is 127. The minimum absolute atomic E-state index is 0. The van der Waals surface area contributed by atoms with Crippen molar-refractivity contribution in [3.05, 3.63) is 42.2 Å². The third kappa shape index (κ3) is 7.06. The van der Waals surface area contributed by atoms with Crippen LogP contribution in [-0.2, 0) is 24.2 Å². The lowest BCUT2D eigenvalue weighted by Gasteiger charge is -2.15. The number of aliphatic imine (C=N–C) groups is 1. The summed E-state index contributed by atoms with van der Waals surface area (Å²) in [6.45, 7) is 6.71. The van der Waals surface area contributed by atoms with Gasteiger partial charge in [-0.1, -0.05) is 13.0 Å². The van der Waals surface area contributed by atoms with Crippen LogP contribution >= 0.6 is 24.0 Å². The topological polar surface area (TPSA) is 89.3 Å². The Hall–Kier alpha value is -1.75. The fraction of sp³-hybridized carbons (Fsp3) is 0.556. The Morgan fingerprint density at radius 1 is 1.37 bits per heavy atom. The van der Waals surface area contributed by atoms with Crippen molar-refractivity contribution in [1.82, 2.24) is 30.4 Å². The van der Waals surface area contributed by atoms with Gasteiger partial charge >= 0.3 is 0 Å². The number of hydrogen-bond acceptors (Lipinski definition) is 5. The Morgan fingerprint density at radius 2 is 2.30 bits per heavy atom. The predicted octanol–water partition coefficient (Wildman–Crippen LogP) is 1.63. The first kappa shape index (κ1) is 21.5. The first-order valence-electron chi connectivity index (χ1n) is 9.21. The third-order valence-corrected chi connectivity index (χ3v) is 4.36. The molecular formula is C18H28IN7O. The summed E-state index contributed by atoms with van der Waals surface area (Å²) in [5.41, 5.74) is 0.949. The van der Waals surface area contributed by atoms with Crippen LogP contribution in [0, 0.1) is 5.92 Å². The molecule has 0 aromatic carbocycles. The van der Waals surface area contributed by atoms with E-state index in [0.717, 1.165) is 63.2 Å². The molecule has 1 fully saturated rings. The zero-order chi connectivity index (χ0) is 18.0. The molecule has 1 aliphatic rings. The van der Waals surface area contributed by atoms with Gasteiger partial charge in [-0.3, -0.25) is 4.98 Å². The van der Waals surface area contributed by atoms with E-state index in [1.807, 2.05) is 18.2 Å². The summed E-state index contributed by atoms with van der Waals surface area (Å²) in [5.74, 6) is 2.34.